The van der Waals surface area contributed by atoms with E-state index in [1.807, 2.05) is 37.3 Å². The van der Waals surface area contributed by atoms with Gasteiger partial charge in [-0.3, -0.25) is 5.41 Å². The fraction of sp³-hybridized carbons (Fsp3) is 0.300. The van der Waals surface area contributed by atoms with E-state index in [0.29, 0.717) is 6.61 Å². The Morgan fingerprint density at radius 1 is 1.46 bits per heavy atom. The van der Waals surface area contributed by atoms with Crippen molar-refractivity contribution in [3.63, 3.8) is 0 Å². The van der Waals surface area contributed by atoms with Crippen molar-refractivity contribution in [2.75, 3.05) is 6.61 Å². The fourth-order valence-corrected chi connectivity index (χ4v) is 1.21. The lowest BCUT2D eigenvalue weighted by molar-refractivity contribution is 0.315. The lowest BCUT2D eigenvalue weighted by Gasteiger charge is -2.10. The molecule has 0 aromatic heterocycles. The number of rotatable bonds is 3. The molecule has 2 nitrogen and oxygen atoms in total. The maximum atomic E-state index is 7.48. The van der Waals surface area contributed by atoms with Gasteiger partial charge in [0.15, 0.2) is 0 Å². The summed E-state index contributed by atoms with van der Waals surface area (Å²) in [6, 6.07) is 9.46. The summed E-state index contributed by atoms with van der Waals surface area (Å²) in [5.41, 5.74) is 0.891. The maximum Gasteiger partial charge on any atom is 0.203 e. The number of ether oxygens (including phenoxy) is 1. The van der Waals surface area contributed by atoms with Crippen molar-refractivity contribution in [3.8, 4) is 0 Å². The summed E-state index contributed by atoms with van der Waals surface area (Å²) in [4.78, 5) is 0. The Morgan fingerprint density at radius 2 is 2.08 bits per heavy atom. The minimum absolute atomic E-state index is 0.107. The summed E-state index contributed by atoms with van der Waals surface area (Å²) in [6.07, 6.45) is 0. The van der Waals surface area contributed by atoms with Crippen LogP contribution in [0.25, 0.3) is 0 Å². The van der Waals surface area contributed by atoms with E-state index in [-0.39, 0.29) is 5.90 Å². The molecule has 1 N–H and O–H groups in total. The zero-order valence-corrected chi connectivity index (χ0v) is 8.21. The van der Waals surface area contributed by atoms with Crippen molar-refractivity contribution in [2.45, 2.75) is 12.3 Å². The molecule has 0 saturated carbocycles. The fourth-order valence-electron chi connectivity index (χ4n) is 1.00. The van der Waals surface area contributed by atoms with E-state index < -0.39 is 5.38 Å². The van der Waals surface area contributed by atoms with Gasteiger partial charge in [0.05, 0.1) is 6.61 Å². The van der Waals surface area contributed by atoms with Crippen molar-refractivity contribution >= 4 is 17.5 Å². The van der Waals surface area contributed by atoms with Crippen molar-refractivity contribution in [2.24, 2.45) is 0 Å². The molecule has 1 atom stereocenters. The molecule has 0 fully saturated rings. The van der Waals surface area contributed by atoms with Crippen molar-refractivity contribution in [3.05, 3.63) is 35.9 Å². The van der Waals surface area contributed by atoms with Crippen LogP contribution in [0.4, 0.5) is 0 Å². The monoisotopic (exact) mass is 197 g/mol. The Kier molecular flexibility index (Phi) is 3.77. The van der Waals surface area contributed by atoms with Crippen LogP contribution in [0.3, 0.4) is 0 Å². The van der Waals surface area contributed by atoms with Gasteiger partial charge in [-0.05, 0) is 12.5 Å². The summed E-state index contributed by atoms with van der Waals surface area (Å²) in [5, 5.41) is 7.01. The average Bonchev–Trinajstić information content (AvgIpc) is 2.18. The third-order valence-electron chi connectivity index (χ3n) is 1.62. The third kappa shape index (κ3) is 2.74. The van der Waals surface area contributed by atoms with Gasteiger partial charge in [0.2, 0.25) is 5.90 Å². The first-order valence-corrected chi connectivity index (χ1v) is 4.59. The number of halogens is 1. The zero-order valence-electron chi connectivity index (χ0n) is 7.46. The molecule has 1 aromatic rings. The highest BCUT2D eigenvalue weighted by molar-refractivity contribution is 6.30. The molecule has 0 aliphatic rings. The van der Waals surface area contributed by atoms with Gasteiger partial charge in [-0.1, -0.05) is 30.3 Å². The van der Waals surface area contributed by atoms with Crippen LogP contribution in [0.1, 0.15) is 17.9 Å². The molecule has 0 saturated heterocycles. The second-order valence-electron chi connectivity index (χ2n) is 2.57. The summed E-state index contributed by atoms with van der Waals surface area (Å²) >= 11 is 5.99. The van der Waals surface area contributed by atoms with Gasteiger partial charge in [0.1, 0.15) is 5.38 Å². The topological polar surface area (TPSA) is 33.1 Å². The van der Waals surface area contributed by atoms with Gasteiger partial charge < -0.3 is 4.74 Å². The van der Waals surface area contributed by atoms with Crippen LogP contribution in [0.2, 0.25) is 0 Å². The lowest BCUT2D eigenvalue weighted by atomic mass is 10.1. The largest absolute Gasteiger partial charge is 0.480 e. The van der Waals surface area contributed by atoms with Crippen LogP contribution in [0, 0.1) is 5.41 Å². The molecule has 0 aliphatic heterocycles. The van der Waals surface area contributed by atoms with Crippen LogP contribution in [-0.2, 0) is 4.74 Å². The van der Waals surface area contributed by atoms with E-state index in [0.717, 1.165) is 5.56 Å². The van der Waals surface area contributed by atoms with Gasteiger partial charge in [0.25, 0.3) is 0 Å². The molecular formula is C10H12ClNO. The first-order valence-electron chi connectivity index (χ1n) is 4.16. The smallest absolute Gasteiger partial charge is 0.203 e. The Balaban J connectivity index is 2.68. The van der Waals surface area contributed by atoms with E-state index in [1.54, 1.807) is 0 Å². The van der Waals surface area contributed by atoms with E-state index in [2.05, 4.69) is 0 Å². The van der Waals surface area contributed by atoms with Crippen LogP contribution < -0.4 is 0 Å². The summed E-state index contributed by atoms with van der Waals surface area (Å²) in [5.74, 6) is 0.107. The Hall–Kier alpha value is -1.02. The molecule has 0 spiro atoms. The molecule has 1 aromatic carbocycles. The standard InChI is InChI=1S/C10H12ClNO/c1-2-13-10(12)9(11)8-6-4-3-5-7-8/h3-7,9,12H,2H2,1H3/t9-/m0/s1. The maximum absolute atomic E-state index is 7.48. The van der Waals surface area contributed by atoms with Crippen LogP contribution in [-0.4, -0.2) is 12.5 Å². The summed E-state index contributed by atoms with van der Waals surface area (Å²) < 4.78 is 5.01. The number of benzene rings is 1. The first-order chi connectivity index (χ1) is 6.25. The highest BCUT2D eigenvalue weighted by atomic mass is 35.5. The van der Waals surface area contributed by atoms with Crippen LogP contribution in [0.15, 0.2) is 30.3 Å². The second-order valence-corrected chi connectivity index (χ2v) is 3.01. The highest BCUT2D eigenvalue weighted by Crippen LogP contribution is 2.21. The van der Waals surface area contributed by atoms with Crippen molar-refractivity contribution in [1.29, 1.82) is 5.41 Å². The summed E-state index contributed by atoms with van der Waals surface area (Å²) in [7, 11) is 0. The molecule has 0 aliphatic carbocycles. The zero-order chi connectivity index (χ0) is 9.68. The van der Waals surface area contributed by atoms with Crippen LogP contribution in [0.5, 0.6) is 0 Å². The first kappa shape index (κ1) is 10.1. The lowest BCUT2D eigenvalue weighted by Crippen LogP contribution is -2.09. The molecular weight excluding hydrogens is 186 g/mol. The van der Waals surface area contributed by atoms with Gasteiger partial charge in [-0.2, -0.15) is 0 Å². The average molecular weight is 198 g/mol. The van der Waals surface area contributed by atoms with E-state index in [1.165, 1.54) is 0 Å². The number of nitrogens with one attached hydrogen (secondary N) is 1. The van der Waals surface area contributed by atoms with E-state index >= 15 is 0 Å². The molecule has 0 bridgehead atoms. The SMILES string of the molecule is CCOC(=N)[C@@H](Cl)c1ccccc1. The quantitative estimate of drug-likeness (QED) is 0.451. The van der Waals surface area contributed by atoms with Gasteiger partial charge in [-0.15, -0.1) is 11.6 Å². The molecule has 3 heteroatoms. The molecule has 0 unspecified atom stereocenters. The van der Waals surface area contributed by atoms with E-state index in [9.17, 15) is 0 Å². The van der Waals surface area contributed by atoms with Gasteiger partial charge in [-0.25, -0.2) is 0 Å². The molecule has 0 heterocycles. The Labute approximate surface area is 83.0 Å². The number of alkyl halides is 1. The summed E-state index contributed by atoms with van der Waals surface area (Å²) in [6.45, 7) is 2.32. The minimum Gasteiger partial charge on any atom is -0.480 e. The minimum atomic E-state index is -0.471. The van der Waals surface area contributed by atoms with E-state index in [4.69, 9.17) is 21.7 Å². The molecule has 13 heavy (non-hydrogen) atoms. The molecule has 70 valence electrons. The van der Waals surface area contributed by atoms with Crippen molar-refractivity contribution in [1.82, 2.24) is 0 Å². The number of hydrogen-bond acceptors (Lipinski definition) is 2. The van der Waals surface area contributed by atoms with Crippen molar-refractivity contribution < 1.29 is 4.74 Å². The Bertz CT molecular complexity index is 274. The number of hydrogen-bond donors (Lipinski definition) is 1. The third-order valence-corrected chi connectivity index (χ3v) is 2.07. The highest BCUT2D eigenvalue weighted by Gasteiger charge is 2.13. The predicted molar refractivity (Wildman–Crippen MR) is 54.4 cm³/mol. The second kappa shape index (κ2) is 4.87. The molecule has 0 radical (unpaired) electrons. The van der Waals surface area contributed by atoms with Gasteiger partial charge >= 0.3 is 0 Å². The predicted octanol–water partition coefficient (Wildman–Crippen LogP) is 2.98. The molecule has 0 amide bonds. The normalized spacial score (nSPS) is 12.2. The van der Waals surface area contributed by atoms with Crippen LogP contribution >= 0.6 is 11.6 Å². The Morgan fingerprint density at radius 3 is 2.62 bits per heavy atom. The molecule has 1 rings (SSSR count). The van der Waals surface area contributed by atoms with Gasteiger partial charge in [0, 0.05) is 0 Å².